The molecule has 0 fully saturated rings. The molecule has 0 aromatic heterocycles. The van der Waals surface area contributed by atoms with Crippen LogP contribution in [0, 0.1) is 12.1 Å². The Morgan fingerprint density at radius 2 is 0.850 bits per heavy atom. The van der Waals surface area contributed by atoms with E-state index >= 15 is 0 Å². The molecule has 0 amide bonds. The summed E-state index contributed by atoms with van der Waals surface area (Å²) >= 11 is 0. The molecular weight excluding hydrogens is 685 g/mol. The summed E-state index contributed by atoms with van der Waals surface area (Å²) in [6, 6.07) is 40.2. The number of benzene rings is 4. The molecule has 40 heavy (non-hydrogen) atoms. The number of aliphatic hydroxyl groups is 2. The monoisotopic (exact) mass is 724 g/mol. The first kappa shape index (κ1) is 40.1. The molecule has 0 saturated heterocycles. The molecule has 0 saturated carbocycles. The summed E-state index contributed by atoms with van der Waals surface area (Å²) in [5, 5.41) is 17.4. The largest absolute Gasteiger partial charge is 0.648 e. The first-order chi connectivity index (χ1) is 18.2. The molecule has 6 nitrogen and oxygen atoms in total. The topological polar surface area (TPSA) is 94.5 Å². The number of rotatable bonds is 6. The van der Waals surface area contributed by atoms with Crippen molar-refractivity contribution in [1.82, 2.24) is 9.80 Å². The van der Waals surface area contributed by atoms with Crippen molar-refractivity contribution >= 4 is 0 Å². The molecule has 0 spiro atoms. The van der Waals surface area contributed by atoms with Crippen LogP contribution in [0.15, 0.2) is 109 Å². The molecule has 224 valence electrons. The minimum Gasteiger partial charge on any atom is -0.648 e. The van der Waals surface area contributed by atoms with Gasteiger partial charge in [-0.1, -0.05) is 60.7 Å². The van der Waals surface area contributed by atoms with E-state index in [0.717, 1.165) is 13.1 Å². The predicted molar refractivity (Wildman–Crippen MR) is 157 cm³/mol. The third kappa shape index (κ3) is 20.8. The van der Waals surface area contributed by atoms with Crippen molar-refractivity contribution in [2.24, 2.45) is 0 Å². The zero-order valence-corrected chi connectivity index (χ0v) is 26.5. The van der Waals surface area contributed by atoms with Crippen LogP contribution in [0.3, 0.4) is 0 Å². The van der Waals surface area contributed by atoms with Crippen molar-refractivity contribution in [3.63, 3.8) is 0 Å². The van der Waals surface area contributed by atoms with Gasteiger partial charge in [-0.2, -0.15) is 60.7 Å². The van der Waals surface area contributed by atoms with Crippen molar-refractivity contribution < 1.29 is 51.1 Å². The average molecular weight is 726 g/mol. The fourth-order valence-electron chi connectivity index (χ4n) is 3.01. The average Bonchev–Trinajstić information content (AvgIpc) is 2.91. The molecule has 2 atom stereocenters. The molecule has 0 aliphatic rings. The summed E-state index contributed by atoms with van der Waals surface area (Å²) in [4.78, 5) is 4.26. The fraction of sp³-hybridized carbons (Fsp3) is 0.250. The molecule has 0 aliphatic carbocycles. The number of nitrogens with zero attached hydrogens (tertiary/aromatic N) is 2. The summed E-state index contributed by atoms with van der Waals surface area (Å²) in [6.45, 7) is 1.95. The van der Waals surface area contributed by atoms with E-state index in [-0.39, 0.29) is 40.8 Å². The first-order valence-corrected chi connectivity index (χ1v) is 12.3. The van der Waals surface area contributed by atoms with Gasteiger partial charge < -0.3 is 31.5 Å². The van der Waals surface area contributed by atoms with Gasteiger partial charge in [0.2, 0.25) is 0 Å². The van der Waals surface area contributed by atoms with E-state index in [4.69, 9.17) is 21.7 Å². The van der Waals surface area contributed by atoms with E-state index in [1.807, 2.05) is 48.5 Å². The van der Waals surface area contributed by atoms with Crippen LogP contribution in [-0.2, 0) is 53.9 Å². The number of hydrogen-bond donors (Lipinski definition) is 2. The van der Waals surface area contributed by atoms with Crippen LogP contribution in [0.1, 0.15) is 34.7 Å². The number of hydrogen-bond acceptors (Lipinski definition) is 4. The van der Waals surface area contributed by atoms with Crippen LogP contribution < -0.4 is 0 Å². The second kappa shape index (κ2) is 24.7. The molecular formula is C32H40N4O2Pd2-4. The summed E-state index contributed by atoms with van der Waals surface area (Å²) in [5.74, 6) is 0. The van der Waals surface area contributed by atoms with Crippen molar-refractivity contribution in [3.8, 4) is 0 Å². The van der Waals surface area contributed by atoms with Crippen molar-refractivity contribution in [1.29, 1.82) is 0 Å². The van der Waals surface area contributed by atoms with Crippen molar-refractivity contribution in [3.05, 3.63) is 155 Å². The predicted octanol–water partition coefficient (Wildman–Crippen LogP) is 6.55. The van der Waals surface area contributed by atoms with Gasteiger partial charge in [0, 0.05) is 53.9 Å². The van der Waals surface area contributed by atoms with Crippen LogP contribution in [0.4, 0.5) is 0 Å². The maximum Gasteiger partial charge on any atom is 0.000120 e. The molecule has 8 heteroatoms. The van der Waals surface area contributed by atoms with Gasteiger partial charge in [-0.15, -0.1) is 11.1 Å². The maximum absolute atomic E-state index is 8.69. The van der Waals surface area contributed by atoms with Gasteiger partial charge in [0.1, 0.15) is 0 Å². The van der Waals surface area contributed by atoms with E-state index in [0.29, 0.717) is 11.1 Å². The van der Waals surface area contributed by atoms with Gasteiger partial charge >= 0.3 is 0 Å². The first-order valence-electron chi connectivity index (χ1n) is 12.3. The second-order valence-corrected chi connectivity index (χ2v) is 8.88. The minimum absolute atomic E-state index is 0. The van der Waals surface area contributed by atoms with Crippen LogP contribution in [0.25, 0.3) is 11.5 Å². The Hall–Kier alpha value is -2.04. The Balaban J connectivity index is 0. The van der Waals surface area contributed by atoms with Gasteiger partial charge in [0.25, 0.3) is 0 Å². The molecule has 0 heterocycles. The third-order valence-corrected chi connectivity index (χ3v) is 4.75. The van der Waals surface area contributed by atoms with Crippen LogP contribution in [0.2, 0.25) is 0 Å². The molecule has 4 aromatic rings. The summed E-state index contributed by atoms with van der Waals surface area (Å²) < 4.78 is 0. The molecule has 0 bridgehead atoms. The normalized spacial score (nSPS) is 11.1. The van der Waals surface area contributed by atoms with E-state index in [1.54, 1.807) is 48.5 Å². The van der Waals surface area contributed by atoms with E-state index in [9.17, 15) is 0 Å². The second-order valence-electron chi connectivity index (χ2n) is 8.88. The Bertz CT molecular complexity index is 982. The molecule has 0 radical (unpaired) electrons. The zero-order chi connectivity index (χ0) is 28.2. The fourth-order valence-corrected chi connectivity index (χ4v) is 3.01. The quantitative estimate of drug-likeness (QED) is 0.174. The smallest absolute Gasteiger partial charge is 0.000120 e. The van der Waals surface area contributed by atoms with Gasteiger partial charge in [-0.05, 0) is 51.8 Å². The van der Waals surface area contributed by atoms with Crippen molar-refractivity contribution in [2.75, 3.05) is 28.2 Å². The summed E-state index contributed by atoms with van der Waals surface area (Å²) in [6.07, 6.45) is -2.18. The number of aliphatic hydroxyl groups excluding tert-OH is 2. The molecule has 2 unspecified atom stereocenters. The number of nitrogens with one attached hydrogen (secondary N) is 2. The molecule has 4 aromatic carbocycles. The molecule has 0 aliphatic heterocycles. The Labute approximate surface area is 268 Å². The van der Waals surface area contributed by atoms with E-state index in [1.165, 1.54) is 11.1 Å². The standard InChI is InChI=1S/2C9H12N.2C7H8NO.2Pd/c2*1-10(2)8-9-6-4-3-5-7-9;2*8-7(9)6-4-2-1-3-5-6;;/h2*3-6H,8H2,1-2H3;2*1-5,7-9H;;/q4*-1;;. The zero-order valence-electron chi connectivity index (χ0n) is 23.4. The Morgan fingerprint density at radius 1 is 0.550 bits per heavy atom. The summed E-state index contributed by atoms with van der Waals surface area (Å²) in [5.41, 5.74) is 17.5. The summed E-state index contributed by atoms with van der Waals surface area (Å²) in [7, 11) is 8.23. The minimum atomic E-state index is -1.09. The Morgan fingerprint density at radius 3 is 1.05 bits per heavy atom. The van der Waals surface area contributed by atoms with Crippen LogP contribution >= 0.6 is 0 Å². The van der Waals surface area contributed by atoms with Crippen LogP contribution in [-0.4, -0.2) is 48.2 Å². The molecule has 4 N–H and O–H groups in total. The van der Waals surface area contributed by atoms with Gasteiger partial charge in [-0.25, -0.2) is 0 Å². The molecule has 4 rings (SSSR count). The van der Waals surface area contributed by atoms with Gasteiger partial charge in [0.15, 0.2) is 0 Å². The van der Waals surface area contributed by atoms with Crippen molar-refractivity contribution in [2.45, 2.75) is 25.5 Å². The maximum atomic E-state index is 8.69. The van der Waals surface area contributed by atoms with Gasteiger partial charge in [-0.3, -0.25) is 0 Å². The van der Waals surface area contributed by atoms with E-state index in [2.05, 4.69) is 62.3 Å². The van der Waals surface area contributed by atoms with Gasteiger partial charge in [0.05, 0.1) is 0 Å². The third-order valence-electron chi connectivity index (χ3n) is 4.75. The van der Waals surface area contributed by atoms with Crippen LogP contribution in [0.5, 0.6) is 0 Å². The van der Waals surface area contributed by atoms with E-state index < -0.39 is 12.5 Å². The SMILES string of the molecule is CN(C)Cc1[c-]cccc1.CN(C)Cc1[c-]cccc1.[NH-]C(O)c1ccccc1.[NH-]C(O)c1ccccc1.[Pd].[Pd]. The Kier molecular flexibility index (Phi) is 24.8.